The van der Waals surface area contributed by atoms with Crippen molar-refractivity contribution in [2.24, 2.45) is 92.7 Å². The summed E-state index contributed by atoms with van der Waals surface area (Å²) in [7, 11) is 2.85. The third-order valence-corrected chi connectivity index (χ3v) is 25.3. The fourth-order valence-electron chi connectivity index (χ4n) is 19.9. The van der Waals surface area contributed by atoms with E-state index in [-0.39, 0.29) is 122 Å². The summed E-state index contributed by atoms with van der Waals surface area (Å²) >= 11 is 4.92. The van der Waals surface area contributed by atoms with Gasteiger partial charge in [-0.05, 0) is 239 Å². The van der Waals surface area contributed by atoms with Gasteiger partial charge in [-0.2, -0.15) is 0 Å². The molecule has 8 aliphatic rings. The quantitative estimate of drug-likeness (QED) is 0.0260. The Morgan fingerprint density at radius 2 is 0.978 bits per heavy atom. The largest absolute Gasteiger partial charge is 0.514 e. The molecule has 8 aliphatic carbocycles. The van der Waals surface area contributed by atoms with E-state index in [4.69, 9.17) is 30.5 Å². The predicted octanol–water partition coefficient (Wildman–Crippen LogP) is 12.9. The second kappa shape index (κ2) is 31.7. The molecule has 0 aromatic heterocycles. The van der Waals surface area contributed by atoms with Gasteiger partial charge < -0.3 is 54.1 Å². The SMILES string of the molecule is CCN(CC)CC.COC(=O)CC[C@@H](C)[C@H]1CC[C@H]2[C@@H]3[C@H](O)C[C@@H]4C[C@H](O)CC[C@]4(C)[C@H]3C[C@H](O)[C@]12C.COC(=O)CC[C@@H](C)[C@H]1CC[C@H]2[C@@H]3[C@H](O)C[C@@H]4C[C@H](OC(=O)Oc5ccc([N+](=O)[O-])cc5)CC[C@]4(C)[C@H]3C[C@H](O)[C@]12C.O=C(Cl)Oc1ccc([N+](=O)[O-])cc1. The standard InChI is InChI=1S/C32H45NO9.C25H42O5.C7H4ClNO4.C6H15N/c1-18(5-12-28(36)40-4)23-10-11-24-29-25(17-27(35)32(23,24)3)31(2)14-13-22(15-19(31)16-26(29)34)42-30(37)41-21-8-6-20(7-9-21)33(38)39;1-14(5-8-22(29)30-4)17-6-7-18-23-19(13-21(28)25(17,18)3)24(2)10-9-16(26)11-15(24)12-20(23)27;8-7(10)13-6-3-1-5(2-4-6)9(11)12;1-4-7(5-2)6-3/h6-9,18-19,22-27,29,34-35H,5,10-17H2,1-4H3;14-21,23,26-28H,5-13H2,1-4H3;1-4H;4-6H2,1-3H3/t18-,19+,22-,23-,24+,25+,26-,27+,29+,31+,32-;14-,15+,16-,17-,18+,19+,20-,21+,23+,24+,25-;;/m11../s1. The van der Waals surface area contributed by atoms with Crippen molar-refractivity contribution in [1.82, 2.24) is 4.90 Å². The molecule has 92 heavy (non-hydrogen) atoms. The summed E-state index contributed by atoms with van der Waals surface area (Å²) < 4.78 is 25.1. The van der Waals surface area contributed by atoms with Crippen molar-refractivity contribution in [3.05, 3.63) is 68.8 Å². The predicted molar refractivity (Wildman–Crippen MR) is 345 cm³/mol. The second-order valence-electron chi connectivity index (χ2n) is 29.1. The number of esters is 2. The lowest BCUT2D eigenvalue weighted by Gasteiger charge is -2.63. The normalized spacial score (nSPS) is 37.0. The molecule has 0 heterocycles. The Labute approximate surface area is 548 Å². The summed E-state index contributed by atoms with van der Waals surface area (Å²) in [5.41, 5.74) is -1.62. The molecule has 10 rings (SSSR count). The molecule has 0 aliphatic heterocycles. The van der Waals surface area contributed by atoms with Crippen LogP contribution in [0.5, 0.6) is 11.5 Å². The number of hydrogen-bond donors (Lipinski definition) is 5. The number of fused-ring (bicyclic) bond motifs is 10. The number of nitrogens with zero attached hydrogens (tertiary/aromatic N) is 3. The number of carbonyl (C=O) groups is 4. The molecule has 5 N–H and O–H groups in total. The maximum Gasteiger partial charge on any atom is 0.514 e. The van der Waals surface area contributed by atoms with E-state index in [1.807, 2.05) is 0 Å². The Kier molecular flexibility index (Phi) is 25.6. The van der Waals surface area contributed by atoms with Crippen LogP contribution in [0.2, 0.25) is 0 Å². The van der Waals surface area contributed by atoms with Gasteiger partial charge in [0.15, 0.2) is 0 Å². The molecule has 8 saturated carbocycles. The Morgan fingerprint density at radius 1 is 0.576 bits per heavy atom. The molecule has 0 radical (unpaired) electrons. The molecule has 516 valence electrons. The molecule has 0 saturated heterocycles. The maximum atomic E-state index is 12.5. The molecule has 21 nitrogen and oxygen atoms in total. The van der Waals surface area contributed by atoms with Crippen molar-refractivity contribution in [1.29, 1.82) is 0 Å². The zero-order valence-electron chi connectivity index (χ0n) is 56.1. The van der Waals surface area contributed by atoms with Gasteiger partial charge >= 0.3 is 23.5 Å². The van der Waals surface area contributed by atoms with Crippen LogP contribution in [0.1, 0.15) is 178 Å². The number of methoxy groups -OCH3 is 2. The van der Waals surface area contributed by atoms with Crippen LogP contribution in [0.3, 0.4) is 0 Å². The molecule has 22 heteroatoms. The van der Waals surface area contributed by atoms with Crippen molar-refractivity contribution in [2.45, 2.75) is 215 Å². The van der Waals surface area contributed by atoms with Gasteiger partial charge in [-0.1, -0.05) is 62.3 Å². The molecule has 0 spiro atoms. The van der Waals surface area contributed by atoms with E-state index in [1.165, 1.54) is 82.4 Å². The first-order valence-corrected chi connectivity index (χ1v) is 34.3. The number of rotatable bonds is 16. The molecular weight excluding hydrogens is 1210 g/mol. The van der Waals surface area contributed by atoms with Crippen LogP contribution >= 0.6 is 11.6 Å². The summed E-state index contributed by atoms with van der Waals surface area (Å²) in [5.74, 6) is 3.17. The van der Waals surface area contributed by atoms with Gasteiger partial charge in [0.1, 0.15) is 17.6 Å². The number of hydrogen-bond acceptors (Lipinski definition) is 19. The Bertz CT molecular complexity index is 2800. The highest BCUT2D eigenvalue weighted by Crippen LogP contribution is 2.70. The number of non-ortho nitro benzene ring substituents is 2. The van der Waals surface area contributed by atoms with E-state index in [1.54, 1.807) is 0 Å². The number of nitro benzene ring substituents is 2. The van der Waals surface area contributed by atoms with Crippen molar-refractivity contribution < 1.29 is 78.2 Å². The van der Waals surface area contributed by atoms with Gasteiger partial charge in [0.25, 0.3) is 11.4 Å². The number of benzene rings is 2. The molecular formula is C70H106ClN3O18. The fraction of sp³-hybridized carbons (Fsp3) is 0.771. The van der Waals surface area contributed by atoms with Gasteiger partial charge in [0.05, 0.1) is 54.6 Å². The Balaban J connectivity index is 0.000000207. The van der Waals surface area contributed by atoms with Crippen LogP contribution in [0.25, 0.3) is 0 Å². The number of aliphatic hydroxyl groups excluding tert-OH is 5. The zero-order valence-corrected chi connectivity index (χ0v) is 56.9. The smallest absolute Gasteiger partial charge is 0.469 e. The molecule has 2 aromatic rings. The van der Waals surface area contributed by atoms with Crippen LogP contribution in [-0.4, -0.2) is 134 Å². The lowest BCUT2D eigenvalue weighted by molar-refractivity contribution is -0.385. The van der Waals surface area contributed by atoms with Gasteiger partial charge in [-0.25, -0.2) is 9.59 Å². The first-order chi connectivity index (χ1) is 43.4. The minimum Gasteiger partial charge on any atom is -0.469 e. The highest BCUT2D eigenvalue weighted by Gasteiger charge is 2.68. The average molecular weight is 1310 g/mol. The molecule has 8 fully saturated rings. The minimum absolute atomic E-state index is 0.0747. The average Bonchev–Trinajstić information content (AvgIpc) is 1.29. The fourth-order valence-corrected chi connectivity index (χ4v) is 20.0. The summed E-state index contributed by atoms with van der Waals surface area (Å²) in [5, 5.41) is 77.5. The summed E-state index contributed by atoms with van der Waals surface area (Å²) in [4.78, 5) is 68.6. The van der Waals surface area contributed by atoms with Crippen molar-refractivity contribution in [3.8, 4) is 11.5 Å². The highest BCUT2D eigenvalue weighted by atomic mass is 35.5. The maximum absolute atomic E-state index is 12.5. The minimum atomic E-state index is -0.978. The molecule has 0 unspecified atom stereocenters. The van der Waals surface area contributed by atoms with Gasteiger partial charge in [0.2, 0.25) is 0 Å². The lowest BCUT2D eigenvalue weighted by Crippen LogP contribution is -2.62. The molecule has 0 amide bonds. The van der Waals surface area contributed by atoms with Crippen LogP contribution in [0.4, 0.5) is 21.0 Å². The number of ether oxygens (including phenoxy) is 5. The number of halogens is 1. The van der Waals surface area contributed by atoms with E-state index in [2.05, 4.69) is 72.0 Å². The van der Waals surface area contributed by atoms with Crippen LogP contribution in [-0.2, 0) is 23.8 Å². The topological polar surface area (TPSA) is 305 Å². The lowest BCUT2D eigenvalue weighted by atomic mass is 9.43. The van der Waals surface area contributed by atoms with Gasteiger partial charge in [-0.15, -0.1) is 0 Å². The van der Waals surface area contributed by atoms with Crippen LogP contribution in [0, 0.1) is 113 Å². The first-order valence-electron chi connectivity index (χ1n) is 34.0. The number of aliphatic hydroxyl groups is 5. The number of carbonyl (C=O) groups excluding carboxylic acids is 4. The Hall–Kier alpha value is -5.03. The summed E-state index contributed by atoms with van der Waals surface area (Å²) in [6.07, 6.45) is 10.9. The zero-order chi connectivity index (χ0) is 67.8. The molecule has 22 atom stereocenters. The van der Waals surface area contributed by atoms with E-state index >= 15 is 0 Å². The van der Waals surface area contributed by atoms with E-state index < -0.39 is 33.6 Å². The highest BCUT2D eigenvalue weighted by molar-refractivity contribution is 6.61. The third-order valence-electron chi connectivity index (χ3n) is 25.2. The number of nitro groups is 2. The van der Waals surface area contributed by atoms with Crippen molar-refractivity contribution in [2.75, 3.05) is 33.9 Å². The second-order valence-corrected chi connectivity index (χ2v) is 29.4. The van der Waals surface area contributed by atoms with Gasteiger partial charge in [0, 0.05) is 48.7 Å². The van der Waals surface area contributed by atoms with E-state index in [9.17, 15) is 64.9 Å². The van der Waals surface area contributed by atoms with Crippen LogP contribution in [0.15, 0.2) is 48.5 Å². The van der Waals surface area contributed by atoms with Crippen molar-refractivity contribution >= 4 is 46.5 Å². The monoisotopic (exact) mass is 1310 g/mol. The van der Waals surface area contributed by atoms with E-state index in [0.29, 0.717) is 68.1 Å². The molecule has 0 bridgehead atoms. The molecule has 2 aromatic carbocycles. The summed E-state index contributed by atoms with van der Waals surface area (Å²) in [6, 6.07) is 10.3. The van der Waals surface area contributed by atoms with E-state index in [0.717, 1.165) is 77.0 Å². The Morgan fingerprint density at radius 3 is 1.36 bits per heavy atom. The van der Waals surface area contributed by atoms with Crippen molar-refractivity contribution in [3.63, 3.8) is 0 Å². The third kappa shape index (κ3) is 16.1. The summed E-state index contributed by atoms with van der Waals surface area (Å²) in [6.45, 7) is 23.7. The van der Waals surface area contributed by atoms with Gasteiger partial charge in [-0.3, -0.25) is 29.8 Å². The first kappa shape index (κ1) is 74.4. The van der Waals surface area contributed by atoms with Crippen LogP contribution < -0.4 is 9.47 Å².